The van der Waals surface area contributed by atoms with Crippen molar-refractivity contribution in [1.29, 1.82) is 0 Å². The van der Waals surface area contributed by atoms with E-state index in [4.69, 9.17) is 9.47 Å². The Morgan fingerprint density at radius 1 is 1.33 bits per heavy atom. The molecule has 2 unspecified atom stereocenters. The molecule has 0 radical (unpaired) electrons. The average molecular weight is 315 g/mol. The zero-order chi connectivity index (χ0) is 15.5. The summed E-state index contributed by atoms with van der Waals surface area (Å²) < 4.78 is 37.4. The van der Waals surface area contributed by atoms with E-state index < -0.39 is 16.1 Å². The number of sulfonamides is 1. The molecule has 6 nitrogen and oxygen atoms in total. The largest absolute Gasteiger partial charge is 0.494 e. The fraction of sp³-hybridized carbons (Fsp3) is 0.571. The van der Waals surface area contributed by atoms with Crippen molar-refractivity contribution in [3.05, 3.63) is 24.3 Å². The monoisotopic (exact) mass is 315 g/mol. The number of morpholine rings is 1. The summed E-state index contributed by atoms with van der Waals surface area (Å²) in [6, 6.07) is 6.36. The summed E-state index contributed by atoms with van der Waals surface area (Å²) in [7, 11) is -3.58. The SMILES string of the molecule is CCOc1ccc(S(=O)(=O)N2CC(C)OC(CO)C2)cc1. The third-order valence-electron chi connectivity index (χ3n) is 3.27. The number of aliphatic hydroxyl groups is 1. The van der Waals surface area contributed by atoms with Gasteiger partial charge in [0.1, 0.15) is 5.75 Å². The molecular formula is C14H21NO5S. The first-order valence-corrected chi connectivity index (χ1v) is 8.40. The lowest BCUT2D eigenvalue weighted by Gasteiger charge is -2.35. The molecule has 0 saturated carbocycles. The second kappa shape index (κ2) is 6.74. The number of ether oxygens (including phenoxy) is 2. The molecule has 1 heterocycles. The second-order valence-electron chi connectivity index (χ2n) is 4.98. The minimum absolute atomic E-state index is 0.163. The summed E-state index contributed by atoms with van der Waals surface area (Å²) in [4.78, 5) is 0.219. The molecule has 118 valence electrons. The summed E-state index contributed by atoms with van der Waals surface area (Å²) >= 11 is 0. The second-order valence-corrected chi connectivity index (χ2v) is 6.92. The molecule has 1 fully saturated rings. The van der Waals surface area contributed by atoms with E-state index >= 15 is 0 Å². The average Bonchev–Trinajstić information content (AvgIpc) is 2.47. The van der Waals surface area contributed by atoms with Crippen LogP contribution in [0, 0.1) is 0 Å². The molecule has 1 aliphatic heterocycles. The van der Waals surface area contributed by atoms with Gasteiger partial charge in [-0.2, -0.15) is 4.31 Å². The summed E-state index contributed by atoms with van der Waals surface area (Å²) in [5.74, 6) is 0.639. The Labute approximate surface area is 125 Å². The van der Waals surface area contributed by atoms with Crippen LogP contribution >= 0.6 is 0 Å². The smallest absolute Gasteiger partial charge is 0.243 e. The Kier molecular flexibility index (Phi) is 5.21. The van der Waals surface area contributed by atoms with Gasteiger partial charge in [-0.15, -0.1) is 0 Å². The number of hydrogen-bond acceptors (Lipinski definition) is 5. The topological polar surface area (TPSA) is 76.1 Å². The van der Waals surface area contributed by atoms with Gasteiger partial charge < -0.3 is 14.6 Å². The Morgan fingerprint density at radius 3 is 2.57 bits per heavy atom. The standard InChI is InChI=1S/C14H21NO5S/c1-3-19-12-4-6-14(7-5-12)21(17,18)15-8-11(2)20-13(9-15)10-16/h4-7,11,13,16H,3,8-10H2,1-2H3. The molecule has 7 heteroatoms. The lowest BCUT2D eigenvalue weighted by Crippen LogP contribution is -2.50. The highest BCUT2D eigenvalue weighted by Gasteiger charge is 2.33. The van der Waals surface area contributed by atoms with E-state index in [9.17, 15) is 13.5 Å². The van der Waals surface area contributed by atoms with Crippen molar-refractivity contribution in [3.63, 3.8) is 0 Å². The van der Waals surface area contributed by atoms with Gasteiger partial charge in [0.15, 0.2) is 0 Å². The maximum absolute atomic E-state index is 12.6. The number of benzene rings is 1. The summed E-state index contributed by atoms with van der Waals surface area (Å²) in [6.07, 6.45) is -0.723. The number of nitrogens with zero attached hydrogens (tertiary/aromatic N) is 1. The highest BCUT2D eigenvalue weighted by atomic mass is 32.2. The Hall–Kier alpha value is -1.15. The van der Waals surface area contributed by atoms with Crippen LogP contribution < -0.4 is 4.74 Å². The zero-order valence-corrected chi connectivity index (χ0v) is 13.0. The van der Waals surface area contributed by atoms with Gasteiger partial charge in [0.2, 0.25) is 10.0 Å². The summed E-state index contributed by atoms with van der Waals surface area (Å²) in [5.41, 5.74) is 0. The maximum atomic E-state index is 12.6. The molecule has 1 aliphatic rings. The molecule has 1 aromatic rings. The van der Waals surface area contributed by atoms with E-state index in [1.54, 1.807) is 19.1 Å². The van der Waals surface area contributed by atoms with E-state index in [2.05, 4.69) is 0 Å². The molecule has 0 bridgehead atoms. The molecule has 1 aromatic carbocycles. The number of aliphatic hydroxyl groups excluding tert-OH is 1. The first-order valence-electron chi connectivity index (χ1n) is 6.96. The van der Waals surface area contributed by atoms with Crippen LogP contribution in [-0.2, 0) is 14.8 Å². The van der Waals surface area contributed by atoms with Gasteiger partial charge in [0.05, 0.1) is 30.3 Å². The van der Waals surface area contributed by atoms with Gasteiger partial charge in [-0.25, -0.2) is 8.42 Å². The first kappa shape index (κ1) is 16.2. The fourth-order valence-corrected chi connectivity index (χ4v) is 3.87. The van der Waals surface area contributed by atoms with Crippen LogP contribution in [0.2, 0.25) is 0 Å². The maximum Gasteiger partial charge on any atom is 0.243 e. The highest BCUT2D eigenvalue weighted by Crippen LogP contribution is 2.23. The lowest BCUT2D eigenvalue weighted by molar-refractivity contribution is -0.0750. The normalized spacial score (nSPS) is 24.0. The molecule has 0 spiro atoms. The van der Waals surface area contributed by atoms with Crippen molar-refractivity contribution in [2.24, 2.45) is 0 Å². The Bertz CT molecular complexity index is 557. The minimum atomic E-state index is -3.58. The van der Waals surface area contributed by atoms with Crippen LogP contribution in [0.15, 0.2) is 29.2 Å². The van der Waals surface area contributed by atoms with Gasteiger partial charge >= 0.3 is 0 Å². The highest BCUT2D eigenvalue weighted by molar-refractivity contribution is 7.89. The lowest BCUT2D eigenvalue weighted by atomic mass is 10.2. The van der Waals surface area contributed by atoms with Gasteiger partial charge in [0, 0.05) is 13.1 Å². The van der Waals surface area contributed by atoms with Crippen LogP contribution in [0.25, 0.3) is 0 Å². The van der Waals surface area contributed by atoms with Crippen LogP contribution in [0.5, 0.6) is 5.75 Å². The quantitative estimate of drug-likeness (QED) is 0.872. The molecule has 1 N–H and O–H groups in total. The molecule has 2 rings (SSSR count). The van der Waals surface area contributed by atoms with Crippen molar-refractivity contribution < 1.29 is 23.0 Å². The fourth-order valence-electron chi connectivity index (χ4n) is 2.32. The van der Waals surface area contributed by atoms with Crippen molar-refractivity contribution in [2.75, 3.05) is 26.3 Å². The third-order valence-corrected chi connectivity index (χ3v) is 5.11. The van der Waals surface area contributed by atoms with Crippen LogP contribution in [-0.4, -0.2) is 56.3 Å². The van der Waals surface area contributed by atoms with E-state index in [-0.39, 0.29) is 30.7 Å². The van der Waals surface area contributed by atoms with E-state index in [0.29, 0.717) is 12.4 Å². The minimum Gasteiger partial charge on any atom is -0.494 e. The number of hydrogen-bond donors (Lipinski definition) is 1. The van der Waals surface area contributed by atoms with Crippen molar-refractivity contribution in [1.82, 2.24) is 4.31 Å². The molecule has 21 heavy (non-hydrogen) atoms. The molecule has 1 saturated heterocycles. The van der Waals surface area contributed by atoms with Crippen molar-refractivity contribution in [2.45, 2.75) is 31.0 Å². The van der Waals surface area contributed by atoms with E-state index in [0.717, 1.165) is 0 Å². The predicted molar refractivity (Wildman–Crippen MR) is 77.8 cm³/mol. The van der Waals surface area contributed by atoms with E-state index in [1.807, 2.05) is 6.92 Å². The molecule has 0 aliphatic carbocycles. The van der Waals surface area contributed by atoms with Crippen LogP contribution in [0.4, 0.5) is 0 Å². The number of rotatable bonds is 5. The first-order chi connectivity index (χ1) is 9.97. The molecular weight excluding hydrogens is 294 g/mol. The molecule has 0 amide bonds. The summed E-state index contributed by atoms with van der Waals surface area (Å²) in [6.45, 7) is 4.45. The third kappa shape index (κ3) is 3.74. The predicted octanol–water partition coefficient (Wildman–Crippen LogP) is 0.856. The van der Waals surface area contributed by atoms with Crippen LogP contribution in [0.1, 0.15) is 13.8 Å². The molecule has 2 atom stereocenters. The van der Waals surface area contributed by atoms with Crippen molar-refractivity contribution >= 4 is 10.0 Å². The molecule has 0 aromatic heterocycles. The summed E-state index contributed by atoms with van der Waals surface area (Å²) in [5, 5.41) is 9.20. The van der Waals surface area contributed by atoms with Gasteiger partial charge in [-0.1, -0.05) is 0 Å². The van der Waals surface area contributed by atoms with Crippen LogP contribution in [0.3, 0.4) is 0 Å². The van der Waals surface area contributed by atoms with Gasteiger partial charge in [-0.3, -0.25) is 0 Å². The van der Waals surface area contributed by atoms with Gasteiger partial charge in [-0.05, 0) is 38.1 Å². The Balaban J connectivity index is 2.20. The van der Waals surface area contributed by atoms with Crippen molar-refractivity contribution in [3.8, 4) is 5.75 Å². The zero-order valence-electron chi connectivity index (χ0n) is 12.2. The Morgan fingerprint density at radius 2 is 2.00 bits per heavy atom. The van der Waals surface area contributed by atoms with E-state index in [1.165, 1.54) is 16.4 Å². The van der Waals surface area contributed by atoms with Gasteiger partial charge in [0.25, 0.3) is 0 Å².